The molecule has 3 aliphatic rings. The Bertz CT molecular complexity index is 500. The van der Waals surface area contributed by atoms with E-state index in [1.807, 2.05) is 11.3 Å². The van der Waals surface area contributed by atoms with Crippen molar-refractivity contribution in [2.75, 3.05) is 6.54 Å². The normalized spacial score (nSPS) is 32.2. The van der Waals surface area contributed by atoms with Gasteiger partial charge in [0.25, 0.3) is 0 Å². The maximum absolute atomic E-state index is 12.5. The van der Waals surface area contributed by atoms with Gasteiger partial charge >= 0.3 is 0 Å². The molecule has 4 heterocycles. The Morgan fingerprint density at radius 2 is 2.15 bits per heavy atom. The maximum Gasteiger partial charge on any atom is 0.223 e. The van der Waals surface area contributed by atoms with Gasteiger partial charge in [0.2, 0.25) is 5.91 Å². The van der Waals surface area contributed by atoms with Crippen molar-refractivity contribution < 1.29 is 4.79 Å². The number of amides is 1. The largest absolute Gasteiger partial charge is 0.338 e. The van der Waals surface area contributed by atoms with Crippen LogP contribution in [0.25, 0.3) is 0 Å². The van der Waals surface area contributed by atoms with Crippen molar-refractivity contribution in [2.45, 2.75) is 57.2 Å². The van der Waals surface area contributed by atoms with Crippen LogP contribution in [0, 0.1) is 5.92 Å². The molecule has 2 unspecified atom stereocenters. The fraction of sp³-hybridized carbons (Fsp3) is 0.688. The number of thiophene rings is 1. The van der Waals surface area contributed by atoms with Gasteiger partial charge in [-0.05, 0) is 55.0 Å². The number of hydrogen-bond acceptors (Lipinski definition) is 3. The van der Waals surface area contributed by atoms with Crippen LogP contribution >= 0.6 is 11.3 Å². The van der Waals surface area contributed by atoms with Gasteiger partial charge in [-0.3, -0.25) is 4.79 Å². The number of piperidine rings is 1. The van der Waals surface area contributed by atoms with Crippen molar-refractivity contribution in [3.63, 3.8) is 0 Å². The minimum absolute atomic E-state index is 0.383. The lowest BCUT2D eigenvalue weighted by molar-refractivity contribution is -0.133. The van der Waals surface area contributed by atoms with E-state index in [-0.39, 0.29) is 0 Å². The first kappa shape index (κ1) is 12.8. The van der Waals surface area contributed by atoms with E-state index in [1.54, 1.807) is 0 Å². The maximum atomic E-state index is 12.5. The third-order valence-electron chi connectivity index (χ3n) is 5.19. The van der Waals surface area contributed by atoms with Crippen LogP contribution in [-0.2, 0) is 17.8 Å². The second kappa shape index (κ2) is 5.15. The van der Waals surface area contributed by atoms with Crippen molar-refractivity contribution in [3.8, 4) is 0 Å². The van der Waals surface area contributed by atoms with E-state index in [2.05, 4.69) is 21.7 Å². The first-order chi connectivity index (χ1) is 9.78. The van der Waals surface area contributed by atoms with E-state index in [0.29, 0.717) is 23.9 Å². The van der Waals surface area contributed by atoms with Gasteiger partial charge in [-0.2, -0.15) is 0 Å². The van der Waals surface area contributed by atoms with Gasteiger partial charge in [0.05, 0.1) is 0 Å². The Hall–Kier alpha value is -0.870. The molecule has 1 aromatic rings. The average Bonchev–Trinajstić information content (AvgIpc) is 3.04. The summed E-state index contributed by atoms with van der Waals surface area (Å²) in [7, 11) is 0. The Morgan fingerprint density at radius 3 is 2.95 bits per heavy atom. The Balaban J connectivity index is 1.37. The molecule has 0 aromatic carbocycles. The zero-order chi connectivity index (χ0) is 13.5. The lowest BCUT2D eigenvalue weighted by Gasteiger charge is -2.32. The van der Waals surface area contributed by atoms with Gasteiger partial charge in [-0.1, -0.05) is 0 Å². The zero-order valence-corrected chi connectivity index (χ0v) is 12.6. The standard InChI is InChI=1S/C16H22N2OS/c19-16(9-11-7-13-1-2-14(8-11)17-13)18-5-3-15-12(10-18)4-6-20-15/h4,6,11,13-14,17H,1-3,5,7-10H2. The molecule has 3 nitrogen and oxygen atoms in total. The smallest absolute Gasteiger partial charge is 0.223 e. The highest BCUT2D eigenvalue weighted by atomic mass is 32.1. The predicted molar refractivity (Wildman–Crippen MR) is 80.7 cm³/mol. The molecular formula is C16H22N2OS. The number of rotatable bonds is 2. The first-order valence-electron chi connectivity index (χ1n) is 7.87. The first-order valence-corrected chi connectivity index (χ1v) is 8.75. The monoisotopic (exact) mass is 290 g/mol. The summed E-state index contributed by atoms with van der Waals surface area (Å²) in [5.74, 6) is 0.998. The average molecular weight is 290 g/mol. The molecule has 2 bridgehead atoms. The van der Waals surface area contributed by atoms with Crippen LogP contribution in [0.1, 0.15) is 42.5 Å². The van der Waals surface area contributed by atoms with Gasteiger partial charge < -0.3 is 10.2 Å². The summed E-state index contributed by atoms with van der Waals surface area (Å²) < 4.78 is 0. The summed E-state index contributed by atoms with van der Waals surface area (Å²) in [6, 6.07) is 3.57. The van der Waals surface area contributed by atoms with Crippen molar-refractivity contribution in [3.05, 3.63) is 21.9 Å². The number of carbonyl (C=O) groups excluding carboxylic acids is 1. The molecule has 0 radical (unpaired) electrons. The minimum Gasteiger partial charge on any atom is -0.338 e. The van der Waals surface area contributed by atoms with E-state index in [4.69, 9.17) is 0 Å². The van der Waals surface area contributed by atoms with Crippen LogP contribution in [0.5, 0.6) is 0 Å². The third-order valence-corrected chi connectivity index (χ3v) is 6.22. The van der Waals surface area contributed by atoms with E-state index in [9.17, 15) is 4.79 Å². The lowest BCUT2D eigenvalue weighted by Crippen LogP contribution is -2.41. The summed E-state index contributed by atoms with van der Waals surface area (Å²) in [5.41, 5.74) is 1.37. The fourth-order valence-electron chi connectivity index (χ4n) is 4.18. The Kier molecular flexibility index (Phi) is 3.31. The number of hydrogen-bond donors (Lipinski definition) is 1. The van der Waals surface area contributed by atoms with Gasteiger partial charge in [0.1, 0.15) is 0 Å². The Labute approximate surface area is 124 Å². The molecule has 2 saturated heterocycles. The molecule has 2 fully saturated rings. The molecule has 1 amide bonds. The second-order valence-corrected chi connectivity index (χ2v) is 7.61. The highest BCUT2D eigenvalue weighted by molar-refractivity contribution is 7.10. The van der Waals surface area contributed by atoms with Gasteiger partial charge in [0.15, 0.2) is 0 Å². The molecule has 4 rings (SSSR count). The van der Waals surface area contributed by atoms with Gasteiger partial charge in [-0.25, -0.2) is 0 Å². The number of nitrogens with zero attached hydrogens (tertiary/aromatic N) is 1. The summed E-state index contributed by atoms with van der Waals surface area (Å²) in [6.07, 6.45) is 6.87. The van der Waals surface area contributed by atoms with E-state index < -0.39 is 0 Å². The van der Waals surface area contributed by atoms with Crippen molar-refractivity contribution in [1.82, 2.24) is 10.2 Å². The quantitative estimate of drug-likeness (QED) is 0.908. The summed E-state index contributed by atoms with van der Waals surface area (Å²) in [5, 5.41) is 5.81. The molecular weight excluding hydrogens is 268 g/mol. The van der Waals surface area contributed by atoms with Crippen molar-refractivity contribution >= 4 is 17.2 Å². The minimum atomic E-state index is 0.383. The summed E-state index contributed by atoms with van der Waals surface area (Å²) in [6.45, 7) is 1.76. The lowest BCUT2D eigenvalue weighted by atomic mass is 9.89. The number of nitrogens with one attached hydrogen (secondary N) is 1. The predicted octanol–water partition coefficient (Wildman–Crippen LogP) is 2.55. The molecule has 2 atom stereocenters. The molecule has 1 N–H and O–H groups in total. The van der Waals surface area contributed by atoms with Crippen LogP contribution < -0.4 is 5.32 Å². The SMILES string of the molecule is O=C(CC1CC2CCC(C1)N2)N1CCc2sccc2C1. The summed E-state index contributed by atoms with van der Waals surface area (Å²) >= 11 is 1.84. The van der Waals surface area contributed by atoms with Gasteiger partial charge in [0, 0.05) is 36.5 Å². The van der Waals surface area contributed by atoms with Crippen LogP contribution in [0.4, 0.5) is 0 Å². The third kappa shape index (κ3) is 2.40. The van der Waals surface area contributed by atoms with Crippen LogP contribution in [-0.4, -0.2) is 29.4 Å². The molecule has 1 aromatic heterocycles. The molecule has 108 valence electrons. The van der Waals surface area contributed by atoms with E-state index >= 15 is 0 Å². The topological polar surface area (TPSA) is 32.3 Å². The van der Waals surface area contributed by atoms with Crippen molar-refractivity contribution in [1.29, 1.82) is 0 Å². The van der Waals surface area contributed by atoms with E-state index in [1.165, 1.54) is 36.1 Å². The highest BCUT2D eigenvalue weighted by Crippen LogP contribution is 2.33. The molecule has 3 aliphatic heterocycles. The van der Waals surface area contributed by atoms with Crippen LogP contribution in [0.2, 0.25) is 0 Å². The van der Waals surface area contributed by atoms with Crippen molar-refractivity contribution in [2.24, 2.45) is 5.92 Å². The fourth-order valence-corrected chi connectivity index (χ4v) is 5.07. The molecule has 0 saturated carbocycles. The molecule has 4 heteroatoms. The van der Waals surface area contributed by atoms with Gasteiger partial charge in [-0.15, -0.1) is 11.3 Å². The number of fused-ring (bicyclic) bond motifs is 3. The number of carbonyl (C=O) groups is 1. The Morgan fingerprint density at radius 1 is 1.35 bits per heavy atom. The van der Waals surface area contributed by atoms with E-state index in [0.717, 1.165) is 25.9 Å². The molecule has 20 heavy (non-hydrogen) atoms. The van der Waals surface area contributed by atoms with Crippen LogP contribution in [0.15, 0.2) is 11.4 Å². The molecule has 0 spiro atoms. The second-order valence-electron chi connectivity index (χ2n) is 6.61. The molecule has 0 aliphatic carbocycles. The zero-order valence-electron chi connectivity index (χ0n) is 11.8. The summed E-state index contributed by atoms with van der Waals surface area (Å²) in [4.78, 5) is 16.1. The highest BCUT2D eigenvalue weighted by Gasteiger charge is 2.35. The van der Waals surface area contributed by atoms with Crippen LogP contribution in [0.3, 0.4) is 0 Å².